The van der Waals surface area contributed by atoms with Crippen molar-refractivity contribution in [3.8, 4) is 5.75 Å². The first-order chi connectivity index (χ1) is 14.8. The smallest absolute Gasteiger partial charge is 0.262 e. The Morgan fingerprint density at radius 1 is 1.00 bits per heavy atom. The molecule has 1 atom stereocenters. The number of nitrogens with one attached hydrogen (secondary N) is 2. The van der Waals surface area contributed by atoms with Crippen molar-refractivity contribution in [1.29, 1.82) is 0 Å². The lowest BCUT2D eigenvalue weighted by atomic mass is 10.0. The summed E-state index contributed by atoms with van der Waals surface area (Å²) in [4.78, 5) is 12.7. The van der Waals surface area contributed by atoms with Gasteiger partial charge < -0.3 is 10.1 Å². The molecule has 0 heterocycles. The van der Waals surface area contributed by atoms with E-state index in [1.54, 1.807) is 43.3 Å². The molecule has 6 nitrogen and oxygen atoms in total. The molecule has 1 amide bonds. The van der Waals surface area contributed by atoms with Crippen molar-refractivity contribution >= 4 is 21.6 Å². The highest BCUT2D eigenvalue weighted by Gasteiger charge is 2.21. The first kappa shape index (κ1) is 22.4. The summed E-state index contributed by atoms with van der Waals surface area (Å²) in [6, 6.07) is 21.3. The van der Waals surface area contributed by atoms with Crippen LogP contribution < -0.4 is 14.8 Å². The fraction of sp³-hybridized carbons (Fsp3) is 0.208. The molecular weight excluding hydrogens is 412 g/mol. The molecule has 3 aromatic carbocycles. The SMILES string of the molecule is COc1ccccc1NS(=O)(=O)c1cc(C(=O)NCC(C)c2ccccc2)ccc1C. The van der Waals surface area contributed by atoms with E-state index in [1.807, 2.05) is 37.3 Å². The number of carbonyl (C=O) groups excluding carboxylic acids is 1. The second-order valence-corrected chi connectivity index (χ2v) is 8.96. The van der Waals surface area contributed by atoms with Crippen LogP contribution in [-0.2, 0) is 10.0 Å². The van der Waals surface area contributed by atoms with Crippen LogP contribution in [0.3, 0.4) is 0 Å². The third-order valence-electron chi connectivity index (χ3n) is 5.03. The number of anilines is 1. The van der Waals surface area contributed by atoms with Crippen molar-refractivity contribution < 1.29 is 17.9 Å². The van der Waals surface area contributed by atoms with Crippen molar-refractivity contribution in [3.63, 3.8) is 0 Å². The Balaban J connectivity index is 1.78. The van der Waals surface area contributed by atoms with Gasteiger partial charge in [0.05, 0.1) is 17.7 Å². The molecule has 3 rings (SSSR count). The van der Waals surface area contributed by atoms with Gasteiger partial charge >= 0.3 is 0 Å². The highest BCUT2D eigenvalue weighted by Crippen LogP contribution is 2.27. The maximum atomic E-state index is 13.0. The highest BCUT2D eigenvalue weighted by molar-refractivity contribution is 7.92. The van der Waals surface area contributed by atoms with Gasteiger partial charge in [-0.15, -0.1) is 0 Å². The third kappa shape index (κ3) is 5.44. The summed E-state index contributed by atoms with van der Waals surface area (Å²) < 4.78 is 33.8. The number of para-hydroxylation sites is 2. The fourth-order valence-corrected chi connectivity index (χ4v) is 4.55. The van der Waals surface area contributed by atoms with Gasteiger partial charge in [0.25, 0.3) is 15.9 Å². The third-order valence-corrected chi connectivity index (χ3v) is 6.54. The topological polar surface area (TPSA) is 84.5 Å². The molecule has 0 saturated carbocycles. The van der Waals surface area contributed by atoms with Gasteiger partial charge in [0.2, 0.25) is 0 Å². The van der Waals surface area contributed by atoms with Crippen LogP contribution in [0.1, 0.15) is 34.3 Å². The van der Waals surface area contributed by atoms with E-state index in [-0.39, 0.29) is 22.3 Å². The molecule has 0 aliphatic rings. The van der Waals surface area contributed by atoms with Crippen molar-refractivity contribution in [1.82, 2.24) is 5.32 Å². The predicted octanol–water partition coefficient (Wildman–Crippen LogP) is 4.34. The molecule has 0 aliphatic heterocycles. The summed E-state index contributed by atoms with van der Waals surface area (Å²) in [5.74, 6) is 0.218. The van der Waals surface area contributed by atoms with Crippen molar-refractivity contribution in [3.05, 3.63) is 89.5 Å². The van der Waals surface area contributed by atoms with Crippen LogP contribution in [0.5, 0.6) is 5.75 Å². The Morgan fingerprint density at radius 3 is 2.39 bits per heavy atom. The van der Waals surface area contributed by atoms with Crippen molar-refractivity contribution in [2.75, 3.05) is 18.4 Å². The monoisotopic (exact) mass is 438 g/mol. The van der Waals surface area contributed by atoms with Crippen LogP contribution in [-0.4, -0.2) is 28.0 Å². The number of amides is 1. The highest BCUT2D eigenvalue weighted by atomic mass is 32.2. The average Bonchev–Trinajstić information content (AvgIpc) is 2.78. The van der Waals surface area contributed by atoms with Gasteiger partial charge in [-0.1, -0.05) is 55.5 Å². The minimum absolute atomic E-state index is 0.0437. The van der Waals surface area contributed by atoms with Crippen LogP contribution in [0.25, 0.3) is 0 Å². The normalized spacial score (nSPS) is 12.1. The Morgan fingerprint density at radius 2 is 1.68 bits per heavy atom. The number of carbonyl (C=O) groups is 1. The molecule has 0 radical (unpaired) electrons. The lowest BCUT2D eigenvalue weighted by molar-refractivity contribution is 0.0951. The molecule has 7 heteroatoms. The molecule has 2 N–H and O–H groups in total. The second-order valence-electron chi connectivity index (χ2n) is 7.31. The van der Waals surface area contributed by atoms with Gasteiger partial charge in [0, 0.05) is 12.1 Å². The van der Waals surface area contributed by atoms with E-state index in [9.17, 15) is 13.2 Å². The van der Waals surface area contributed by atoms with E-state index < -0.39 is 10.0 Å². The molecule has 31 heavy (non-hydrogen) atoms. The lowest BCUT2D eigenvalue weighted by Crippen LogP contribution is -2.28. The van der Waals surface area contributed by atoms with Gasteiger partial charge in [0.1, 0.15) is 5.75 Å². The first-order valence-electron chi connectivity index (χ1n) is 9.91. The number of rotatable bonds is 8. The molecule has 0 saturated heterocycles. The maximum Gasteiger partial charge on any atom is 0.262 e. The summed E-state index contributed by atoms with van der Waals surface area (Å²) in [6.07, 6.45) is 0. The molecular formula is C24H26N2O4S. The summed E-state index contributed by atoms with van der Waals surface area (Å²) >= 11 is 0. The van der Waals surface area contributed by atoms with Crippen LogP contribution >= 0.6 is 0 Å². The molecule has 0 bridgehead atoms. The summed E-state index contributed by atoms with van der Waals surface area (Å²) in [5, 5.41) is 2.89. The van der Waals surface area contributed by atoms with Gasteiger partial charge in [-0.25, -0.2) is 8.42 Å². The number of ether oxygens (including phenoxy) is 1. The summed E-state index contributed by atoms with van der Waals surface area (Å²) in [7, 11) is -2.44. The lowest BCUT2D eigenvalue weighted by Gasteiger charge is -2.15. The Labute approximate surface area is 183 Å². The van der Waals surface area contributed by atoms with Crippen LogP contribution in [0.2, 0.25) is 0 Å². The number of sulfonamides is 1. The molecule has 0 spiro atoms. The zero-order chi connectivity index (χ0) is 22.4. The minimum Gasteiger partial charge on any atom is -0.495 e. The second kappa shape index (κ2) is 9.66. The average molecular weight is 439 g/mol. The Kier molecular flexibility index (Phi) is 6.97. The molecule has 0 fully saturated rings. The number of hydrogen-bond acceptors (Lipinski definition) is 4. The number of methoxy groups -OCH3 is 1. The molecule has 0 aromatic heterocycles. The Bertz CT molecular complexity index is 1160. The molecule has 3 aromatic rings. The van der Waals surface area contributed by atoms with Gasteiger partial charge in [-0.3, -0.25) is 9.52 Å². The molecule has 162 valence electrons. The van der Waals surface area contributed by atoms with E-state index in [0.717, 1.165) is 5.56 Å². The zero-order valence-electron chi connectivity index (χ0n) is 17.8. The van der Waals surface area contributed by atoms with Crippen LogP contribution in [0.15, 0.2) is 77.7 Å². The van der Waals surface area contributed by atoms with E-state index in [4.69, 9.17) is 4.74 Å². The van der Waals surface area contributed by atoms with E-state index in [2.05, 4.69) is 10.0 Å². The fourth-order valence-electron chi connectivity index (χ4n) is 3.21. The molecule has 1 unspecified atom stereocenters. The van der Waals surface area contributed by atoms with Gasteiger partial charge in [-0.05, 0) is 48.2 Å². The van der Waals surface area contributed by atoms with Crippen molar-refractivity contribution in [2.45, 2.75) is 24.7 Å². The van der Waals surface area contributed by atoms with Crippen LogP contribution in [0.4, 0.5) is 5.69 Å². The standard InChI is InChI=1S/C24H26N2O4S/c1-17-13-14-20(24(27)25-16-18(2)19-9-5-4-6-10-19)15-23(17)31(28,29)26-21-11-7-8-12-22(21)30-3/h4-15,18,26H,16H2,1-3H3,(H,25,27). The largest absolute Gasteiger partial charge is 0.495 e. The predicted molar refractivity (Wildman–Crippen MR) is 122 cm³/mol. The quantitative estimate of drug-likeness (QED) is 0.548. The van der Waals surface area contributed by atoms with Gasteiger partial charge in [0.15, 0.2) is 0 Å². The minimum atomic E-state index is -3.92. The molecule has 0 aliphatic carbocycles. The number of aryl methyl sites for hydroxylation is 1. The van der Waals surface area contributed by atoms with E-state index in [0.29, 0.717) is 23.5 Å². The number of benzene rings is 3. The summed E-state index contributed by atoms with van der Waals surface area (Å²) in [6.45, 7) is 4.16. The first-order valence-corrected chi connectivity index (χ1v) is 11.4. The maximum absolute atomic E-state index is 13.0. The van der Waals surface area contributed by atoms with E-state index >= 15 is 0 Å². The summed E-state index contributed by atoms with van der Waals surface area (Å²) in [5.41, 5.74) is 2.27. The van der Waals surface area contributed by atoms with Gasteiger partial charge in [-0.2, -0.15) is 0 Å². The number of hydrogen-bond donors (Lipinski definition) is 2. The van der Waals surface area contributed by atoms with E-state index in [1.165, 1.54) is 13.2 Å². The van der Waals surface area contributed by atoms with Crippen molar-refractivity contribution in [2.24, 2.45) is 0 Å². The Hall–Kier alpha value is -3.32. The zero-order valence-corrected chi connectivity index (χ0v) is 18.6. The van der Waals surface area contributed by atoms with Crippen LogP contribution in [0, 0.1) is 6.92 Å².